The summed E-state index contributed by atoms with van der Waals surface area (Å²) >= 11 is 0. The molecule has 6 aromatic rings. The van der Waals surface area contributed by atoms with Gasteiger partial charge in [0.25, 0.3) is 0 Å². The van der Waals surface area contributed by atoms with Crippen LogP contribution in [0.15, 0.2) is 122 Å². The van der Waals surface area contributed by atoms with Gasteiger partial charge in [0.15, 0.2) is 0 Å². The lowest BCUT2D eigenvalue weighted by Gasteiger charge is -2.24. The minimum Gasteiger partial charge on any atom is -0.495 e. The number of pyridine rings is 4. The highest BCUT2D eigenvalue weighted by molar-refractivity contribution is 5.78. The molecule has 0 spiro atoms. The van der Waals surface area contributed by atoms with Gasteiger partial charge in [-0.05, 0) is 83.9 Å². The maximum atomic E-state index is 5.31. The van der Waals surface area contributed by atoms with Crippen LogP contribution < -0.4 is 28.7 Å². The molecule has 0 saturated carbocycles. The lowest BCUT2D eigenvalue weighted by Crippen LogP contribution is -2.13. The van der Waals surface area contributed by atoms with Gasteiger partial charge in [-0.3, -0.25) is 9.80 Å². The van der Waals surface area contributed by atoms with Crippen molar-refractivity contribution in [1.82, 2.24) is 19.9 Å². The molecule has 0 N–H and O–H groups in total. The number of aromatic nitrogens is 4. The second-order valence-corrected chi connectivity index (χ2v) is 9.99. The predicted molar refractivity (Wildman–Crippen MR) is 179 cm³/mol. The Balaban J connectivity index is 1.31. The molecular formula is C36H32N6O4. The van der Waals surface area contributed by atoms with Crippen LogP contribution in [0, 0.1) is 0 Å². The van der Waals surface area contributed by atoms with E-state index in [0.717, 1.165) is 22.5 Å². The van der Waals surface area contributed by atoms with Crippen LogP contribution in [-0.2, 0) is 0 Å². The SMILES string of the molecule is COc1ccc(N(c2ccc(-c3ccc(N(c4ccc(OC)cn4)c4ccc(OC)cn4)cc3)cc2)c2ccc(OC)cn2)nc1. The second-order valence-electron chi connectivity index (χ2n) is 9.99. The van der Waals surface area contributed by atoms with E-state index in [0.29, 0.717) is 46.3 Å². The van der Waals surface area contributed by atoms with Crippen LogP contribution in [0.2, 0.25) is 0 Å². The van der Waals surface area contributed by atoms with E-state index < -0.39 is 0 Å². The topological polar surface area (TPSA) is 95.0 Å². The first kappa shape index (κ1) is 29.9. The van der Waals surface area contributed by atoms with Crippen molar-refractivity contribution in [2.24, 2.45) is 0 Å². The zero-order chi connectivity index (χ0) is 31.9. The summed E-state index contributed by atoms with van der Waals surface area (Å²) in [7, 11) is 6.48. The van der Waals surface area contributed by atoms with E-state index in [9.17, 15) is 0 Å². The van der Waals surface area contributed by atoms with Gasteiger partial charge in [-0.1, -0.05) is 24.3 Å². The molecule has 0 bridgehead atoms. The first-order chi connectivity index (χ1) is 22.6. The van der Waals surface area contributed by atoms with Crippen molar-refractivity contribution < 1.29 is 18.9 Å². The number of hydrogen-bond acceptors (Lipinski definition) is 10. The Morgan fingerprint density at radius 3 is 0.804 bits per heavy atom. The molecule has 6 rings (SSSR count). The van der Waals surface area contributed by atoms with Crippen molar-refractivity contribution in [3.05, 3.63) is 122 Å². The average molecular weight is 613 g/mol. The van der Waals surface area contributed by atoms with Crippen molar-refractivity contribution >= 4 is 34.6 Å². The number of anilines is 6. The second kappa shape index (κ2) is 13.6. The molecule has 10 nitrogen and oxygen atoms in total. The molecule has 10 heteroatoms. The molecule has 0 aliphatic carbocycles. The molecule has 0 amide bonds. The zero-order valence-corrected chi connectivity index (χ0v) is 25.9. The molecule has 0 atom stereocenters. The van der Waals surface area contributed by atoms with Crippen LogP contribution in [-0.4, -0.2) is 48.4 Å². The average Bonchev–Trinajstić information content (AvgIpc) is 3.13. The normalized spacial score (nSPS) is 10.6. The fraction of sp³-hybridized carbons (Fsp3) is 0.111. The van der Waals surface area contributed by atoms with E-state index in [4.69, 9.17) is 18.9 Å². The zero-order valence-electron chi connectivity index (χ0n) is 25.9. The Morgan fingerprint density at radius 1 is 0.348 bits per heavy atom. The van der Waals surface area contributed by atoms with E-state index in [1.807, 2.05) is 58.3 Å². The van der Waals surface area contributed by atoms with Crippen LogP contribution in [0.1, 0.15) is 0 Å². The van der Waals surface area contributed by atoms with Gasteiger partial charge in [0.1, 0.15) is 46.3 Å². The largest absolute Gasteiger partial charge is 0.495 e. The molecule has 0 saturated heterocycles. The van der Waals surface area contributed by atoms with Gasteiger partial charge >= 0.3 is 0 Å². The standard InChI is InChI=1S/C36H32N6O4/c1-43-29-13-17-33(37-21-29)41(34-18-14-30(44-2)22-38-34)27-9-5-25(6-10-27)26-7-11-28(12-8-26)42(35-19-15-31(45-3)23-39-35)36-20-16-32(46-4)24-40-36/h5-24H,1-4H3. The van der Waals surface area contributed by atoms with E-state index in [1.165, 1.54) is 0 Å². The first-order valence-electron chi connectivity index (χ1n) is 14.4. The summed E-state index contributed by atoms with van der Waals surface area (Å²) < 4.78 is 21.3. The molecule has 46 heavy (non-hydrogen) atoms. The summed E-state index contributed by atoms with van der Waals surface area (Å²) in [5.41, 5.74) is 3.91. The summed E-state index contributed by atoms with van der Waals surface area (Å²) in [5, 5.41) is 0. The monoisotopic (exact) mass is 612 g/mol. The minimum absolute atomic E-state index is 0.675. The molecule has 4 heterocycles. The summed E-state index contributed by atoms with van der Waals surface area (Å²) in [6, 6.07) is 31.6. The maximum Gasteiger partial charge on any atom is 0.138 e. The Morgan fingerprint density at radius 2 is 0.609 bits per heavy atom. The summed E-state index contributed by atoms with van der Waals surface area (Å²) in [6.07, 6.45) is 6.75. The number of ether oxygens (including phenoxy) is 4. The van der Waals surface area contributed by atoms with Crippen LogP contribution in [0.5, 0.6) is 23.0 Å². The molecule has 0 aliphatic heterocycles. The van der Waals surface area contributed by atoms with Gasteiger partial charge in [0.2, 0.25) is 0 Å². The molecular weight excluding hydrogens is 580 g/mol. The quantitative estimate of drug-likeness (QED) is 0.144. The van der Waals surface area contributed by atoms with Gasteiger partial charge in [-0.2, -0.15) is 0 Å². The Kier molecular flexibility index (Phi) is 8.87. The van der Waals surface area contributed by atoms with Gasteiger partial charge in [-0.25, -0.2) is 19.9 Å². The van der Waals surface area contributed by atoms with Crippen molar-refractivity contribution in [3.63, 3.8) is 0 Å². The Labute approximate surface area is 267 Å². The number of nitrogens with zero attached hydrogens (tertiary/aromatic N) is 6. The Bertz CT molecular complexity index is 1610. The van der Waals surface area contributed by atoms with E-state index in [-0.39, 0.29) is 0 Å². The fourth-order valence-corrected chi connectivity index (χ4v) is 4.87. The van der Waals surface area contributed by atoms with Crippen molar-refractivity contribution in [2.75, 3.05) is 38.2 Å². The lowest BCUT2D eigenvalue weighted by molar-refractivity contribution is 0.412. The molecule has 0 unspecified atom stereocenters. The van der Waals surface area contributed by atoms with Crippen molar-refractivity contribution in [3.8, 4) is 34.1 Å². The summed E-state index contributed by atoms with van der Waals surface area (Å²) in [4.78, 5) is 22.4. The molecule has 0 aliphatic rings. The number of benzene rings is 2. The van der Waals surface area contributed by atoms with E-state index in [1.54, 1.807) is 53.2 Å². The van der Waals surface area contributed by atoms with Crippen LogP contribution in [0.3, 0.4) is 0 Å². The highest BCUT2D eigenvalue weighted by atomic mass is 16.5. The minimum atomic E-state index is 0.675. The highest BCUT2D eigenvalue weighted by Gasteiger charge is 2.18. The highest BCUT2D eigenvalue weighted by Crippen LogP contribution is 2.37. The molecule has 2 aromatic carbocycles. The molecule has 4 aromatic heterocycles. The van der Waals surface area contributed by atoms with Gasteiger partial charge < -0.3 is 18.9 Å². The number of hydrogen-bond donors (Lipinski definition) is 0. The van der Waals surface area contributed by atoms with Gasteiger partial charge in [-0.15, -0.1) is 0 Å². The third-order valence-corrected chi connectivity index (χ3v) is 7.33. The Hall–Kier alpha value is -6.16. The fourth-order valence-electron chi connectivity index (χ4n) is 4.87. The number of rotatable bonds is 11. The maximum absolute atomic E-state index is 5.31. The number of methoxy groups -OCH3 is 4. The molecule has 0 radical (unpaired) electrons. The van der Waals surface area contributed by atoms with Gasteiger partial charge in [0.05, 0.1) is 53.2 Å². The third kappa shape index (κ3) is 6.36. The van der Waals surface area contributed by atoms with Crippen LogP contribution in [0.4, 0.5) is 34.6 Å². The lowest BCUT2D eigenvalue weighted by atomic mass is 10.0. The van der Waals surface area contributed by atoms with E-state index in [2.05, 4.69) is 68.5 Å². The third-order valence-electron chi connectivity index (χ3n) is 7.33. The van der Waals surface area contributed by atoms with Gasteiger partial charge in [0, 0.05) is 11.4 Å². The summed E-state index contributed by atoms with van der Waals surface area (Å²) in [6.45, 7) is 0. The molecule has 0 fully saturated rings. The molecule has 230 valence electrons. The smallest absolute Gasteiger partial charge is 0.138 e. The predicted octanol–water partition coefficient (Wildman–Crippen LogP) is 7.91. The van der Waals surface area contributed by atoms with Crippen LogP contribution >= 0.6 is 0 Å². The first-order valence-corrected chi connectivity index (χ1v) is 14.4. The van der Waals surface area contributed by atoms with E-state index >= 15 is 0 Å². The summed E-state index contributed by atoms with van der Waals surface area (Å²) in [5.74, 6) is 5.52. The van der Waals surface area contributed by atoms with Crippen molar-refractivity contribution in [1.29, 1.82) is 0 Å². The van der Waals surface area contributed by atoms with Crippen molar-refractivity contribution in [2.45, 2.75) is 0 Å². The van der Waals surface area contributed by atoms with Crippen LogP contribution in [0.25, 0.3) is 11.1 Å².